The molecule has 2 rings (SSSR count). The molecule has 4 nitrogen and oxygen atoms in total. The van der Waals surface area contributed by atoms with Crippen molar-refractivity contribution in [2.24, 2.45) is 11.8 Å². The lowest BCUT2D eigenvalue weighted by molar-refractivity contribution is -0.142. The summed E-state index contributed by atoms with van der Waals surface area (Å²) in [6, 6.07) is 7.77. The fraction of sp³-hybridized carbons (Fsp3) is 0.429. The Labute approximate surface area is 106 Å². The van der Waals surface area contributed by atoms with E-state index in [9.17, 15) is 4.79 Å². The van der Waals surface area contributed by atoms with Gasteiger partial charge in [-0.25, -0.2) is 0 Å². The number of aryl methyl sites for hydroxylation is 1. The zero-order chi connectivity index (χ0) is 13.3. The SMILES string of the molecule is Cc1cccc(C#N)c1N1CC(C)C(C(=O)O)C1. The predicted octanol–water partition coefficient (Wildman–Crippen LogP) is 2.02. The summed E-state index contributed by atoms with van der Waals surface area (Å²) < 4.78 is 0. The van der Waals surface area contributed by atoms with E-state index in [0.717, 1.165) is 11.3 Å². The number of nitriles is 1. The van der Waals surface area contributed by atoms with Crippen LogP contribution in [-0.2, 0) is 4.79 Å². The van der Waals surface area contributed by atoms with Crippen molar-refractivity contribution >= 4 is 11.7 Å². The summed E-state index contributed by atoms with van der Waals surface area (Å²) in [5.41, 5.74) is 2.52. The van der Waals surface area contributed by atoms with E-state index in [1.807, 2.05) is 30.9 Å². The summed E-state index contributed by atoms with van der Waals surface area (Å²) in [7, 11) is 0. The molecule has 18 heavy (non-hydrogen) atoms. The Morgan fingerprint density at radius 1 is 1.50 bits per heavy atom. The minimum Gasteiger partial charge on any atom is -0.481 e. The van der Waals surface area contributed by atoms with Crippen LogP contribution in [0.2, 0.25) is 0 Å². The zero-order valence-electron chi connectivity index (χ0n) is 10.6. The number of benzene rings is 1. The van der Waals surface area contributed by atoms with Crippen molar-refractivity contribution in [1.82, 2.24) is 0 Å². The Hall–Kier alpha value is -2.02. The van der Waals surface area contributed by atoms with Crippen molar-refractivity contribution in [2.75, 3.05) is 18.0 Å². The van der Waals surface area contributed by atoms with Crippen molar-refractivity contribution in [1.29, 1.82) is 5.26 Å². The molecule has 1 heterocycles. The van der Waals surface area contributed by atoms with E-state index in [1.54, 1.807) is 6.07 Å². The molecule has 0 aliphatic carbocycles. The second kappa shape index (κ2) is 4.69. The second-order valence-corrected chi connectivity index (χ2v) is 4.91. The predicted molar refractivity (Wildman–Crippen MR) is 68.4 cm³/mol. The third-order valence-corrected chi connectivity index (χ3v) is 3.60. The van der Waals surface area contributed by atoms with Crippen LogP contribution in [0.25, 0.3) is 0 Å². The summed E-state index contributed by atoms with van der Waals surface area (Å²) in [4.78, 5) is 13.2. The lowest BCUT2D eigenvalue weighted by Crippen LogP contribution is -2.24. The monoisotopic (exact) mass is 244 g/mol. The topological polar surface area (TPSA) is 64.3 Å². The van der Waals surface area contributed by atoms with Crippen LogP contribution < -0.4 is 4.90 Å². The van der Waals surface area contributed by atoms with Crippen LogP contribution >= 0.6 is 0 Å². The zero-order valence-corrected chi connectivity index (χ0v) is 10.6. The molecule has 1 aliphatic rings. The lowest BCUT2D eigenvalue weighted by atomic mass is 9.99. The van der Waals surface area contributed by atoms with Crippen LogP contribution in [0.4, 0.5) is 5.69 Å². The second-order valence-electron chi connectivity index (χ2n) is 4.91. The Bertz CT molecular complexity index is 519. The third kappa shape index (κ3) is 2.04. The van der Waals surface area contributed by atoms with Gasteiger partial charge in [-0.1, -0.05) is 19.1 Å². The summed E-state index contributed by atoms with van der Waals surface area (Å²) in [6.45, 7) is 5.07. The van der Waals surface area contributed by atoms with Crippen molar-refractivity contribution in [3.05, 3.63) is 29.3 Å². The number of para-hydroxylation sites is 1. The van der Waals surface area contributed by atoms with Gasteiger partial charge in [-0.15, -0.1) is 0 Å². The van der Waals surface area contributed by atoms with Gasteiger partial charge in [0.05, 0.1) is 17.2 Å². The molecule has 0 bridgehead atoms. The minimum atomic E-state index is -0.753. The fourth-order valence-corrected chi connectivity index (χ4v) is 2.64. The number of nitrogens with zero attached hydrogens (tertiary/aromatic N) is 2. The quantitative estimate of drug-likeness (QED) is 0.864. The molecule has 1 aliphatic heterocycles. The fourth-order valence-electron chi connectivity index (χ4n) is 2.64. The van der Waals surface area contributed by atoms with Gasteiger partial charge in [0.15, 0.2) is 0 Å². The first-order chi connectivity index (χ1) is 8.54. The van der Waals surface area contributed by atoms with E-state index in [2.05, 4.69) is 6.07 Å². The maximum absolute atomic E-state index is 11.1. The Morgan fingerprint density at radius 3 is 2.78 bits per heavy atom. The van der Waals surface area contributed by atoms with E-state index in [4.69, 9.17) is 10.4 Å². The molecule has 1 aromatic rings. The number of carboxylic acids is 1. The van der Waals surface area contributed by atoms with Gasteiger partial charge in [-0.05, 0) is 24.5 Å². The molecule has 94 valence electrons. The largest absolute Gasteiger partial charge is 0.481 e. The molecule has 0 amide bonds. The Balaban J connectivity index is 2.35. The number of hydrogen-bond donors (Lipinski definition) is 1. The molecule has 1 saturated heterocycles. The average molecular weight is 244 g/mol. The molecular weight excluding hydrogens is 228 g/mol. The molecule has 1 aromatic carbocycles. The van der Waals surface area contributed by atoms with Crippen LogP contribution in [0.5, 0.6) is 0 Å². The normalized spacial score (nSPS) is 22.8. The number of hydrogen-bond acceptors (Lipinski definition) is 3. The first-order valence-corrected chi connectivity index (χ1v) is 6.02. The average Bonchev–Trinajstić information content (AvgIpc) is 2.70. The lowest BCUT2D eigenvalue weighted by Gasteiger charge is -2.21. The van der Waals surface area contributed by atoms with Crippen LogP contribution in [0.3, 0.4) is 0 Å². The third-order valence-electron chi connectivity index (χ3n) is 3.60. The highest BCUT2D eigenvalue weighted by Crippen LogP contribution is 2.32. The number of rotatable bonds is 2. The molecule has 0 saturated carbocycles. The minimum absolute atomic E-state index is 0.105. The number of aliphatic carboxylic acids is 1. The van der Waals surface area contributed by atoms with Gasteiger partial charge >= 0.3 is 5.97 Å². The van der Waals surface area contributed by atoms with Crippen molar-refractivity contribution in [3.63, 3.8) is 0 Å². The summed E-state index contributed by atoms with van der Waals surface area (Å²) in [5, 5.41) is 18.3. The van der Waals surface area contributed by atoms with Gasteiger partial charge < -0.3 is 10.0 Å². The van der Waals surface area contributed by atoms with Crippen molar-refractivity contribution < 1.29 is 9.90 Å². The molecule has 0 spiro atoms. The molecule has 0 radical (unpaired) electrons. The molecule has 1 N–H and O–H groups in total. The smallest absolute Gasteiger partial charge is 0.308 e. The summed E-state index contributed by atoms with van der Waals surface area (Å²) >= 11 is 0. The van der Waals surface area contributed by atoms with Crippen LogP contribution in [0, 0.1) is 30.1 Å². The van der Waals surface area contributed by atoms with Crippen LogP contribution in [-0.4, -0.2) is 24.2 Å². The molecular formula is C14H16N2O2. The molecule has 4 heteroatoms. The Kier molecular flexibility index (Phi) is 3.24. The summed E-state index contributed by atoms with van der Waals surface area (Å²) in [6.07, 6.45) is 0. The molecule has 1 fully saturated rings. The first kappa shape index (κ1) is 12.4. The van der Waals surface area contributed by atoms with Crippen molar-refractivity contribution in [2.45, 2.75) is 13.8 Å². The Morgan fingerprint density at radius 2 is 2.22 bits per heavy atom. The molecule has 2 atom stereocenters. The molecule has 0 aromatic heterocycles. The van der Waals surface area contributed by atoms with E-state index in [0.29, 0.717) is 18.7 Å². The van der Waals surface area contributed by atoms with Gasteiger partial charge in [0, 0.05) is 13.1 Å². The van der Waals surface area contributed by atoms with Gasteiger partial charge in [0.1, 0.15) is 6.07 Å². The van der Waals surface area contributed by atoms with E-state index in [-0.39, 0.29) is 11.8 Å². The van der Waals surface area contributed by atoms with Gasteiger partial charge in [-0.2, -0.15) is 5.26 Å². The standard InChI is InChI=1S/C14H16N2O2/c1-9-4-3-5-11(6-15)13(9)16-7-10(2)12(8-16)14(17)18/h3-5,10,12H,7-8H2,1-2H3,(H,17,18). The number of anilines is 1. The molecule has 2 unspecified atom stereocenters. The van der Waals surface area contributed by atoms with Gasteiger partial charge in [-0.3, -0.25) is 4.79 Å². The maximum Gasteiger partial charge on any atom is 0.308 e. The van der Waals surface area contributed by atoms with E-state index < -0.39 is 5.97 Å². The van der Waals surface area contributed by atoms with Gasteiger partial charge in [0.25, 0.3) is 0 Å². The highest BCUT2D eigenvalue weighted by Gasteiger charge is 2.35. The van der Waals surface area contributed by atoms with Gasteiger partial charge in [0.2, 0.25) is 0 Å². The summed E-state index contributed by atoms with van der Waals surface area (Å²) in [5.74, 6) is -0.998. The highest BCUT2D eigenvalue weighted by molar-refractivity contribution is 5.74. The van der Waals surface area contributed by atoms with Crippen LogP contribution in [0.15, 0.2) is 18.2 Å². The first-order valence-electron chi connectivity index (χ1n) is 6.02. The highest BCUT2D eigenvalue weighted by atomic mass is 16.4. The number of carbonyl (C=O) groups is 1. The maximum atomic E-state index is 11.1. The van der Waals surface area contributed by atoms with E-state index in [1.165, 1.54) is 0 Å². The van der Waals surface area contributed by atoms with E-state index >= 15 is 0 Å². The number of carboxylic acid groups (broad SMARTS) is 1. The van der Waals surface area contributed by atoms with Crippen molar-refractivity contribution in [3.8, 4) is 6.07 Å². The van der Waals surface area contributed by atoms with Crippen LogP contribution in [0.1, 0.15) is 18.1 Å².